The summed E-state index contributed by atoms with van der Waals surface area (Å²) in [6.45, 7) is 5.41. The normalized spacial score (nSPS) is 11.4. The van der Waals surface area contributed by atoms with E-state index in [-0.39, 0.29) is 0 Å². The highest BCUT2D eigenvalue weighted by Crippen LogP contribution is 2.25. The van der Waals surface area contributed by atoms with Gasteiger partial charge in [0.05, 0.1) is 18.5 Å². The van der Waals surface area contributed by atoms with Crippen molar-refractivity contribution in [2.75, 3.05) is 39.2 Å². The number of nitrogens with one attached hydrogen (secondary N) is 1. The van der Waals surface area contributed by atoms with Crippen LogP contribution in [0.2, 0.25) is 0 Å². The smallest absolute Gasteiger partial charge is 0.146 e. The minimum absolute atomic E-state index is 0.721. The molecule has 2 aromatic heterocycles. The minimum atomic E-state index is 0.721. The summed E-state index contributed by atoms with van der Waals surface area (Å²) in [4.78, 5) is 12.5. The SMILES string of the molecule is CCCNc1nc(CN(C)CCOC)nc2sccc12. The number of anilines is 1. The average Bonchev–Trinajstić information content (AvgIpc) is 2.90. The Morgan fingerprint density at radius 1 is 1.40 bits per heavy atom. The quantitative estimate of drug-likeness (QED) is 0.811. The van der Waals surface area contributed by atoms with Crippen molar-refractivity contribution in [1.82, 2.24) is 14.9 Å². The van der Waals surface area contributed by atoms with Crippen LogP contribution < -0.4 is 5.32 Å². The first-order valence-electron chi connectivity index (χ1n) is 6.90. The third-order valence-corrected chi connectivity index (χ3v) is 3.81. The van der Waals surface area contributed by atoms with Crippen molar-refractivity contribution >= 4 is 27.4 Å². The number of thiophene rings is 1. The Labute approximate surface area is 124 Å². The molecule has 0 aromatic carbocycles. The van der Waals surface area contributed by atoms with Crippen LogP contribution in [0.1, 0.15) is 19.2 Å². The van der Waals surface area contributed by atoms with Gasteiger partial charge >= 0.3 is 0 Å². The van der Waals surface area contributed by atoms with Crippen LogP contribution in [0.3, 0.4) is 0 Å². The number of methoxy groups -OCH3 is 1. The summed E-state index contributed by atoms with van der Waals surface area (Å²) in [5.41, 5.74) is 0. The van der Waals surface area contributed by atoms with Gasteiger partial charge in [0.2, 0.25) is 0 Å². The van der Waals surface area contributed by atoms with E-state index in [1.807, 2.05) is 0 Å². The van der Waals surface area contributed by atoms with Gasteiger partial charge in [0, 0.05) is 20.2 Å². The lowest BCUT2D eigenvalue weighted by atomic mass is 10.3. The first kappa shape index (κ1) is 15.2. The number of nitrogens with zero attached hydrogens (tertiary/aromatic N) is 3. The van der Waals surface area contributed by atoms with Crippen molar-refractivity contribution in [1.29, 1.82) is 0 Å². The predicted octanol–water partition coefficient (Wildman–Crippen LogP) is 2.59. The van der Waals surface area contributed by atoms with Gasteiger partial charge in [-0.2, -0.15) is 0 Å². The Kier molecular flexibility index (Phi) is 5.70. The lowest BCUT2D eigenvalue weighted by Crippen LogP contribution is -2.23. The molecule has 2 rings (SSSR count). The summed E-state index contributed by atoms with van der Waals surface area (Å²) >= 11 is 1.66. The lowest BCUT2D eigenvalue weighted by molar-refractivity contribution is 0.157. The number of aromatic nitrogens is 2. The second-order valence-corrected chi connectivity index (χ2v) is 5.68. The molecular weight excluding hydrogens is 272 g/mol. The number of hydrogen-bond acceptors (Lipinski definition) is 6. The molecule has 0 bridgehead atoms. The standard InChI is InChI=1S/C14H22N4OS/c1-4-6-15-13-11-5-9-20-14(11)17-12(16-13)10-18(2)7-8-19-3/h5,9H,4,6-8,10H2,1-3H3,(H,15,16,17). The molecule has 0 saturated carbocycles. The summed E-state index contributed by atoms with van der Waals surface area (Å²) in [6.07, 6.45) is 1.08. The van der Waals surface area contributed by atoms with Crippen molar-refractivity contribution in [2.45, 2.75) is 19.9 Å². The number of fused-ring (bicyclic) bond motifs is 1. The monoisotopic (exact) mass is 294 g/mol. The van der Waals surface area contributed by atoms with Crippen molar-refractivity contribution in [3.63, 3.8) is 0 Å². The highest BCUT2D eigenvalue weighted by Gasteiger charge is 2.10. The maximum absolute atomic E-state index is 5.09. The molecule has 5 nitrogen and oxygen atoms in total. The molecule has 110 valence electrons. The zero-order valence-electron chi connectivity index (χ0n) is 12.3. The molecule has 0 fully saturated rings. The molecule has 6 heteroatoms. The van der Waals surface area contributed by atoms with Gasteiger partial charge in [0.1, 0.15) is 16.5 Å². The van der Waals surface area contributed by atoms with E-state index in [1.165, 1.54) is 0 Å². The minimum Gasteiger partial charge on any atom is -0.383 e. The number of likely N-dealkylation sites (N-methyl/N-ethyl adjacent to an activating group) is 1. The molecule has 0 atom stereocenters. The molecule has 2 heterocycles. The van der Waals surface area contributed by atoms with E-state index in [0.717, 1.165) is 54.5 Å². The van der Waals surface area contributed by atoms with Gasteiger partial charge in [0.25, 0.3) is 0 Å². The van der Waals surface area contributed by atoms with Gasteiger partial charge in [-0.1, -0.05) is 6.92 Å². The maximum Gasteiger partial charge on any atom is 0.146 e. The second kappa shape index (κ2) is 7.52. The van der Waals surface area contributed by atoms with E-state index in [0.29, 0.717) is 0 Å². The topological polar surface area (TPSA) is 50.3 Å². The van der Waals surface area contributed by atoms with Crippen molar-refractivity contribution < 1.29 is 4.74 Å². The molecule has 0 amide bonds. The molecule has 0 unspecified atom stereocenters. The van der Waals surface area contributed by atoms with Gasteiger partial charge < -0.3 is 10.1 Å². The first-order valence-corrected chi connectivity index (χ1v) is 7.78. The van der Waals surface area contributed by atoms with Gasteiger partial charge in [-0.05, 0) is 24.9 Å². The number of rotatable bonds is 8. The van der Waals surface area contributed by atoms with Crippen LogP contribution in [-0.4, -0.2) is 48.7 Å². The first-order chi connectivity index (χ1) is 9.74. The van der Waals surface area contributed by atoms with E-state index in [2.05, 4.69) is 45.6 Å². The second-order valence-electron chi connectivity index (χ2n) is 4.79. The Bertz CT molecular complexity index is 543. The van der Waals surface area contributed by atoms with Crippen molar-refractivity contribution in [3.05, 3.63) is 17.3 Å². The molecule has 2 aromatic rings. The summed E-state index contributed by atoms with van der Waals surface area (Å²) in [7, 11) is 3.77. The molecule has 1 N–H and O–H groups in total. The summed E-state index contributed by atoms with van der Waals surface area (Å²) in [6, 6.07) is 2.08. The van der Waals surface area contributed by atoms with Crippen LogP contribution >= 0.6 is 11.3 Å². The van der Waals surface area contributed by atoms with E-state index >= 15 is 0 Å². The Hall–Kier alpha value is -1.24. The Morgan fingerprint density at radius 3 is 3.00 bits per heavy atom. The van der Waals surface area contributed by atoms with Crippen molar-refractivity contribution in [3.8, 4) is 0 Å². The molecule has 0 saturated heterocycles. The highest BCUT2D eigenvalue weighted by molar-refractivity contribution is 7.16. The van der Waals surface area contributed by atoms with Crippen LogP contribution in [0.5, 0.6) is 0 Å². The van der Waals surface area contributed by atoms with Crippen LogP contribution in [0.15, 0.2) is 11.4 Å². The van der Waals surface area contributed by atoms with Crippen LogP contribution in [-0.2, 0) is 11.3 Å². The molecule has 0 aliphatic heterocycles. The van der Waals surface area contributed by atoms with Crippen molar-refractivity contribution in [2.24, 2.45) is 0 Å². The fraction of sp³-hybridized carbons (Fsp3) is 0.571. The van der Waals surface area contributed by atoms with E-state index in [1.54, 1.807) is 18.4 Å². The fourth-order valence-corrected chi connectivity index (χ4v) is 2.70. The zero-order valence-corrected chi connectivity index (χ0v) is 13.2. The summed E-state index contributed by atoms with van der Waals surface area (Å²) in [5.74, 6) is 1.81. The zero-order chi connectivity index (χ0) is 14.4. The molecule has 0 aliphatic carbocycles. The molecule has 0 spiro atoms. The largest absolute Gasteiger partial charge is 0.383 e. The highest BCUT2D eigenvalue weighted by atomic mass is 32.1. The Balaban J connectivity index is 2.16. The third kappa shape index (κ3) is 3.88. The molecule has 0 radical (unpaired) electrons. The van der Waals surface area contributed by atoms with Gasteiger partial charge in [-0.25, -0.2) is 9.97 Å². The van der Waals surface area contributed by atoms with E-state index in [9.17, 15) is 0 Å². The molecule has 20 heavy (non-hydrogen) atoms. The van der Waals surface area contributed by atoms with Crippen LogP contribution in [0.25, 0.3) is 10.2 Å². The summed E-state index contributed by atoms with van der Waals surface area (Å²) in [5, 5.41) is 6.57. The van der Waals surface area contributed by atoms with E-state index in [4.69, 9.17) is 4.74 Å². The van der Waals surface area contributed by atoms with Crippen LogP contribution in [0.4, 0.5) is 5.82 Å². The fourth-order valence-electron chi connectivity index (χ4n) is 1.92. The molecule has 0 aliphatic rings. The van der Waals surface area contributed by atoms with Gasteiger partial charge in [-0.15, -0.1) is 11.3 Å². The number of hydrogen-bond donors (Lipinski definition) is 1. The summed E-state index contributed by atoms with van der Waals surface area (Å²) < 4.78 is 5.09. The third-order valence-electron chi connectivity index (χ3n) is 3.00. The van der Waals surface area contributed by atoms with Crippen LogP contribution in [0, 0.1) is 0 Å². The number of ether oxygens (including phenoxy) is 1. The van der Waals surface area contributed by atoms with Gasteiger partial charge in [-0.3, -0.25) is 4.90 Å². The Morgan fingerprint density at radius 2 is 2.25 bits per heavy atom. The predicted molar refractivity (Wildman–Crippen MR) is 84.4 cm³/mol. The lowest BCUT2D eigenvalue weighted by Gasteiger charge is -2.15. The average molecular weight is 294 g/mol. The van der Waals surface area contributed by atoms with Gasteiger partial charge in [0.15, 0.2) is 0 Å². The molecular formula is C14H22N4OS. The maximum atomic E-state index is 5.09. The van der Waals surface area contributed by atoms with E-state index < -0.39 is 0 Å².